The van der Waals surface area contributed by atoms with Crippen LogP contribution in [0.25, 0.3) is 0 Å². The Morgan fingerprint density at radius 2 is 1.96 bits per heavy atom. The number of aryl methyl sites for hydroxylation is 2. The van der Waals surface area contributed by atoms with Gasteiger partial charge in [0.05, 0.1) is 0 Å². The lowest BCUT2D eigenvalue weighted by Gasteiger charge is -2.27. The number of fused-ring (bicyclic) bond motifs is 1. The van der Waals surface area contributed by atoms with Gasteiger partial charge in [-0.15, -0.1) is 0 Å². The first-order valence-electron chi connectivity index (χ1n) is 10.2. The summed E-state index contributed by atoms with van der Waals surface area (Å²) in [7, 11) is 1.84. The van der Waals surface area contributed by atoms with E-state index in [0.717, 1.165) is 37.2 Å². The number of rotatable bonds is 5. The van der Waals surface area contributed by atoms with Gasteiger partial charge in [-0.25, -0.2) is 14.3 Å². The maximum Gasteiger partial charge on any atom is 0.345 e. The summed E-state index contributed by atoms with van der Waals surface area (Å²) < 4.78 is 3.45. The fourth-order valence-electron chi connectivity index (χ4n) is 3.84. The Balaban J connectivity index is 1.33. The van der Waals surface area contributed by atoms with E-state index in [-0.39, 0.29) is 17.8 Å². The normalized spacial score (nSPS) is 19.0. The average molecular weight is 383 g/mol. The Morgan fingerprint density at radius 1 is 1.21 bits per heavy atom. The molecule has 1 N–H and O–H groups in total. The number of carbonyl (C=O) groups is 1. The maximum atomic E-state index is 12.6. The van der Waals surface area contributed by atoms with E-state index >= 15 is 0 Å². The van der Waals surface area contributed by atoms with Crippen LogP contribution in [0.3, 0.4) is 0 Å². The summed E-state index contributed by atoms with van der Waals surface area (Å²) in [6.45, 7) is 3.94. The highest BCUT2D eigenvalue weighted by molar-refractivity contribution is 5.74. The Bertz CT molecular complexity index is 895. The topological polar surface area (TPSA) is 72.2 Å². The van der Waals surface area contributed by atoms with E-state index < -0.39 is 0 Å². The van der Waals surface area contributed by atoms with Crippen LogP contribution in [0.5, 0.6) is 0 Å². The van der Waals surface area contributed by atoms with E-state index in [2.05, 4.69) is 10.4 Å². The number of benzene rings is 1. The molecule has 1 atom stereocenters. The van der Waals surface area contributed by atoms with Crippen LogP contribution >= 0.6 is 0 Å². The smallest absolute Gasteiger partial charge is 0.334 e. The zero-order chi connectivity index (χ0) is 19.7. The number of carbonyl (C=O) groups excluding carboxylic acids is 1. The van der Waals surface area contributed by atoms with Gasteiger partial charge in [0.25, 0.3) is 0 Å². The summed E-state index contributed by atoms with van der Waals surface area (Å²) in [5.74, 6) is 1.49. The molecule has 2 aliphatic rings. The van der Waals surface area contributed by atoms with Gasteiger partial charge in [0, 0.05) is 39.1 Å². The molecular formula is C21H29N5O2. The van der Waals surface area contributed by atoms with Crippen molar-refractivity contribution in [3.8, 4) is 0 Å². The van der Waals surface area contributed by atoms with Crippen molar-refractivity contribution in [1.29, 1.82) is 0 Å². The number of urea groups is 1. The molecule has 1 aromatic carbocycles. The van der Waals surface area contributed by atoms with Crippen LogP contribution in [-0.4, -0.2) is 38.4 Å². The van der Waals surface area contributed by atoms with Gasteiger partial charge in [-0.05, 0) is 44.1 Å². The quantitative estimate of drug-likeness (QED) is 0.861. The van der Waals surface area contributed by atoms with E-state index in [1.165, 1.54) is 18.4 Å². The van der Waals surface area contributed by atoms with Crippen molar-refractivity contribution in [1.82, 2.24) is 24.6 Å². The molecule has 1 fully saturated rings. The van der Waals surface area contributed by atoms with Gasteiger partial charge in [-0.1, -0.05) is 29.8 Å². The van der Waals surface area contributed by atoms with E-state index in [1.54, 1.807) is 14.1 Å². The number of hydrogen-bond donors (Lipinski definition) is 1. The average Bonchev–Trinajstić information content (AvgIpc) is 3.49. The second-order valence-electron chi connectivity index (χ2n) is 8.21. The van der Waals surface area contributed by atoms with Crippen molar-refractivity contribution in [3.63, 3.8) is 0 Å². The van der Waals surface area contributed by atoms with Crippen molar-refractivity contribution < 1.29 is 4.79 Å². The van der Waals surface area contributed by atoms with Crippen LogP contribution in [0, 0.1) is 12.8 Å². The summed E-state index contributed by atoms with van der Waals surface area (Å²) in [5.41, 5.74) is 2.30. The van der Waals surface area contributed by atoms with Crippen molar-refractivity contribution in [2.45, 2.75) is 64.7 Å². The molecule has 7 nitrogen and oxygen atoms in total. The predicted octanol–water partition coefficient (Wildman–Crippen LogP) is 2.31. The molecule has 0 bridgehead atoms. The van der Waals surface area contributed by atoms with Gasteiger partial charge >= 0.3 is 11.7 Å². The standard InChI is InChI=1S/C21H29N5O2/c1-15-3-5-16(6-4-15)13-22-20(27)24(2)18-9-10-19-23-26(14-17-7-8-17)21(28)25(19)12-11-18/h3-6,17-18H,7-14H2,1-2H3,(H,22,27). The number of nitrogens with one attached hydrogen (secondary N) is 1. The molecule has 0 radical (unpaired) electrons. The largest absolute Gasteiger partial charge is 0.345 e. The molecule has 2 aromatic rings. The molecule has 7 heteroatoms. The van der Waals surface area contributed by atoms with Crippen LogP contribution in [0.2, 0.25) is 0 Å². The minimum atomic E-state index is -0.0729. The van der Waals surface area contributed by atoms with Crippen molar-refractivity contribution in [2.75, 3.05) is 7.05 Å². The number of amides is 2. The predicted molar refractivity (Wildman–Crippen MR) is 107 cm³/mol. The van der Waals surface area contributed by atoms with Crippen LogP contribution in [-0.2, 0) is 26.1 Å². The van der Waals surface area contributed by atoms with E-state index in [1.807, 2.05) is 38.2 Å². The molecule has 2 heterocycles. The highest BCUT2D eigenvalue weighted by Crippen LogP contribution is 2.30. The van der Waals surface area contributed by atoms with E-state index in [4.69, 9.17) is 0 Å². The first-order chi connectivity index (χ1) is 13.5. The Hall–Kier alpha value is -2.57. The number of aromatic nitrogens is 3. The zero-order valence-corrected chi connectivity index (χ0v) is 16.7. The molecule has 0 saturated heterocycles. The summed E-state index contributed by atoms with van der Waals surface area (Å²) >= 11 is 0. The van der Waals surface area contributed by atoms with E-state index in [0.29, 0.717) is 19.0 Å². The Kier molecular flexibility index (Phi) is 5.24. The van der Waals surface area contributed by atoms with Crippen LogP contribution in [0.15, 0.2) is 29.1 Å². The van der Waals surface area contributed by atoms with E-state index in [9.17, 15) is 9.59 Å². The molecule has 1 aliphatic heterocycles. The zero-order valence-electron chi connectivity index (χ0n) is 16.7. The lowest BCUT2D eigenvalue weighted by Crippen LogP contribution is -2.43. The molecule has 28 heavy (non-hydrogen) atoms. The molecule has 4 rings (SSSR count). The SMILES string of the molecule is Cc1ccc(CNC(=O)N(C)C2CCc3nn(CC4CC4)c(=O)n3CC2)cc1. The first kappa shape index (κ1) is 18.8. The van der Waals surface area contributed by atoms with Gasteiger partial charge in [0.2, 0.25) is 0 Å². The third-order valence-electron chi connectivity index (χ3n) is 5.95. The van der Waals surface area contributed by atoms with Crippen molar-refractivity contribution in [3.05, 3.63) is 51.7 Å². The van der Waals surface area contributed by atoms with Crippen LogP contribution in [0.1, 0.15) is 42.6 Å². The Labute approximate surface area is 165 Å². The lowest BCUT2D eigenvalue weighted by atomic mass is 10.1. The van der Waals surface area contributed by atoms with Crippen molar-refractivity contribution in [2.24, 2.45) is 5.92 Å². The monoisotopic (exact) mass is 383 g/mol. The molecule has 150 valence electrons. The molecule has 1 saturated carbocycles. The Morgan fingerprint density at radius 3 is 2.68 bits per heavy atom. The second-order valence-corrected chi connectivity index (χ2v) is 8.21. The minimum absolute atomic E-state index is 0.00836. The fraction of sp³-hybridized carbons (Fsp3) is 0.571. The van der Waals surface area contributed by atoms with Gasteiger partial charge in [-0.2, -0.15) is 5.10 Å². The molecule has 0 spiro atoms. The fourth-order valence-corrected chi connectivity index (χ4v) is 3.84. The molecule has 1 aromatic heterocycles. The minimum Gasteiger partial charge on any atom is -0.334 e. The number of hydrogen-bond acceptors (Lipinski definition) is 3. The molecule has 2 amide bonds. The summed E-state index contributed by atoms with van der Waals surface area (Å²) in [6.07, 6.45) is 4.75. The summed E-state index contributed by atoms with van der Waals surface area (Å²) in [6, 6.07) is 8.20. The third-order valence-corrected chi connectivity index (χ3v) is 5.95. The maximum absolute atomic E-state index is 12.6. The van der Waals surface area contributed by atoms with Gasteiger partial charge in [-0.3, -0.25) is 4.57 Å². The van der Waals surface area contributed by atoms with Crippen molar-refractivity contribution >= 4 is 6.03 Å². The third kappa shape index (κ3) is 4.13. The molecular weight excluding hydrogens is 354 g/mol. The molecule has 1 aliphatic carbocycles. The summed E-state index contributed by atoms with van der Waals surface area (Å²) in [4.78, 5) is 27.0. The van der Waals surface area contributed by atoms with Gasteiger partial charge in [0.15, 0.2) is 0 Å². The van der Waals surface area contributed by atoms with Gasteiger partial charge in [0.1, 0.15) is 5.82 Å². The van der Waals surface area contributed by atoms with Crippen LogP contribution in [0.4, 0.5) is 4.79 Å². The molecule has 1 unspecified atom stereocenters. The second kappa shape index (κ2) is 7.81. The van der Waals surface area contributed by atoms with Crippen LogP contribution < -0.4 is 11.0 Å². The summed E-state index contributed by atoms with van der Waals surface area (Å²) in [5, 5.41) is 7.56. The lowest BCUT2D eigenvalue weighted by molar-refractivity contribution is 0.182. The first-order valence-corrected chi connectivity index (χ1v) is 10.2. The highest BCUT2D eigenvalue weighted by atomic mass is 16.2. The number of nitrogens with zero attached hydrogens (tertiary/aromatic N) is 4. The van der Waals surface area contributed by atoms with Gasteiger partial charge < -0.3 is 10.2 Å². The highest BCUT2D eigenvalue weighted by Gasteiger charge is 2.28.